The Balaban J connectivity index is 1.73. The van der Waals surface area contributed by atoms with E-state index in [9.17, 15) is 0 Å². The van der Waals surface area contributed by atoms with Gasteiger partial charge in [-0.05, 0) is 37.8 Å². The number of rotatable bonds is 5. The molecule has 1 atom stereocenters. The fourth-order valence-corrected chi connectivity index (χ4v) is 2.83. The van der Waals surface area contributed by atoms with Crippen molar-refractivity contribution in [1.29, 1.82) is 0 Å². The number of hydrogen-bond acceptors (Lipinski definition) is 3. The van der Waals surface area contributed by atoms with E-state index < -0.39 is 0 Å². The van der Waals surface area contributed by atoms with Crippen molar-refractivity contribution in [1.82, 2.24) is 9.78 Å². The second-order valence-corrected chi connectivity index (χ2v) is 5.61. The highest BCUT2D eigenvalue weighted by Crippen LogP contribution is 2.41. The molecular weight excluding hydrogens is 250 g/mol. The van der Waals surface area contributed by atoms with Crippen molar-refractivity contribution in [3.8, 4) is 5.69 Å². The molecule has 20 heavy (non-hydrogen) atoms. The lowest BCUT2D eigenvalue weighted by atomic mass is 9.75. The number of methoxy groups -OCH3 is 1. The van der Waals surface area contributed by atoms with E-state index in [2.05, 4.69) is 5.10 Å². The van der Waals surface area contributed by atoms with E-state index in [0.717, 1.165) is 30.5 Å². The number of hydrogen-bond donors (Lipinski definition) is 1. The summed E-state index contributed by atoms with van der Waals surface area (Å²) in [6.45, 7) is 0. The molecule has 0 bridgehead atoms. The fourth-order valence-electron chi connectivity index (χ4n) is 2.83. The smallest absolute Gasteiger partial charge is 0.0696 e. The molecule has 1 aromatic heterocycles. The summed E-state index contributed by atoms with van der Waals surface area (Å²) >= 11 is 0. The second-order valence-electron chi connectivity index (χ2n) is 5.61. The Morgan fingerprint density at radius 3 is 2.70 bits per heavy atom. The monoisotopic (exact) mass is 271 g/mol. The van der Waals surface area contributed by atoms with Crippen molar-refractivity contribution in [2.75, 3.05) is 7.11 Å². The van der Waals surface area contributed by atoms with Gasteiger partial charge < -0.3 is 10.5 Å². The summed E-state index contributed by atoms with van der Waals surface area (Å²) in [6.07, 6.45) is 8.21. The van der Waals surface area contributed by atoms with Gasteiger partial charge in [0.2, 0.25) is 0 Å². The largest absolute Gasteiger partial charge is 0.378 e. The minimum atomic E-state index is -0.0206. The minimum Gasteiger partial charge on any atom is -0.378 e. The third-order valence-electron chi connectivity index (χ3n) is 4.34. The number of aromatic nitrogens is 2. The molecule has 1 unspecified atom stereocenters. The molecule has 0 amide bonds. The molecule has 1 heterocycles. The lowest BCUT2D eigenvalue weighted by Gasteiger charge is -2.42. The van der Waals surface area contributed by atoms with Crippen molar-refractivity contribution < 1.29 is 4.74 Å². The molecule has 1 fully saturated rings. The van der Waals surface area contributed by atoms with Gasteiger partial charge in [-0.3, -0.25) is 0 Å². The summed E-state index contributed by atoms with van der Waals surface area (Å²) in [5.74, 6) is 0. The van der Waals surface area contributed by atoms with Crippen LogP contribution in [0.3, 0.4) is 0 Å². The Kier molecular flexibility index (Phi) is 3.59. The summed E-state index contributed by atoms with van der Waals surface area (Å²) in [5, 5.41) is 4.40. The van der Waals surface area contributed by atoms with Crippen LogP contribution in [0.15, 0.2) is 42.7 Å². The first-order valence-electron chi connectivity index (χ1n) is 7.13. The normalized spacial score (nSPS) is 18.5. The average Bonchev–Trinajstić information content (AvgIpc) is 2.93. The van der Waals surface area contributed by atoms with Crippen LogP contribution in [-0.2, 0) is 4.74 Å². The molecule has 2 aromatic rings. The molecule has 0 saturated heterocycles. The molecule has 4 heteroatoms. The van der Waals surface area contributed by atoms with Crippen LogP contribution in [0, 0.1) is 0 Å². The van der Waals surface area contributed by atoms with Gasteiger partial charge in [0, 0.05) is 24.9 Å². The van der Waals surface area contributed by atoms with Crippen LogP contribution in [0.2, 0.25) is 0 Å². The zero-order valence-electron chi connectivity index (χ0n) is 11.8. The van der Waals surface area contributed by atoms with Crippen molar-refractivity contribution in [3.63, 3.8) is 0 Å². The lowest BCUT2D eigenvalue weighted by molar-refractivity contribution is -0.0816. The highest BCUT2D eigenvalue weighted by Gasteiger charge is 2.38. The van der Waals surface area contributed by atoms with Crippen LogP contribution in [0.1, 0.15) is 37.3 Å². The molecule has 2 N–H and O–H groups in total. The summed E-state index contributed by atoms with van der Waals surface area (Å²) in [4.78, 5) is 0. The Morgan fingerprint density at radius 2 is 2.10 bits per heavy atom. The predicted octanol–water partition coefficient (Wildman–Crippen LogP) is 2.83. The Bertz CT molecular complexity index is 555. The van der Waals surface area contributed by atoms with E-state index in [4.69, 9.17) is 10.5 Å². The minimum absolute atomic E-state index is 0.00569. The third kappa shape index (κ3) is 2.49. The zero-order valence-corrected chi connectivity index (χ0v) is 11.8. The van der Waals surface area contributed by atoms with Gasteiger partial charge in [0.1, 0.15) is 0 Å². The Morgan fingerprint density at radius 1 is 1.35 bits per heavy atom. The number of para-hydroxylation sites is 1. The third-order valence-corrected chi connectivity index (χ3v) is 4.34. The summed E-state index contributed by atoms with van der Waals surface area (Å²) in [5.41, 5.74) is 8.44. The topological polar surface area (TPSA) is 53.1 Å². The molecule has 1 saturated carbocycles. The molecule has 106 valence electrons. The van der Waals surface area contributed by atoms with Gasteiger partial charge in [-0.2, -0.15) is 5.10 Å². The number of ether oxygens (including phenoxy) is 1. The summed E-state index contributed by atoms with van der Waals surface area (Å²) in [7, 11) is 1.79. The summed E-state index contributed by atoms with van der Waals surface area (Å²) < 4.78 is 7.52. The van der Waals surface area contributed by atoms with E-state index in [-0.39, 0.29) is 11.6 Å². The van der Waals surface area contributed by atoms with Crippen LogP contribution in [0.5, 0.6) is 0 Å². The van der Waals surface area contributed by atoms with Crippen molar-refractivity contribution in [3.05, 3.63) is 48.3 Å². The second kappa shape index (κ2) is 5.38. The van der Waals surface area contributed by atoms with Gasteiger partial charge in [-0.15, -0.1) is 0 Å². The van der Waals surface area contributed by atoms with Gasteiger partial charge >= 0.3 is 0 Å². The van der Waals surface area contributed by atoms with E-state index in [1.165, 1.54) is 6.42 Å². The van der Waals surface area contributed by atoms with Crippen molar-refractivity contribution in [2.24, 2.45) is 5.73 Å². The molecule has 1 aliphatic rings. The van der Waals surface area contributed by atoms with Gasteiger partial charge in [0.15, 0.2) is 0 Å². The predicted molar refractivity (Wildman–Crippen MR) is 78.7 cm³/mol. The highest BCUT2D eigenvalue weighted by molar-refractivity contribution is 5.31. The maximum absolute atomic E-state index is 6.32. The maximum Gasteiger partial charge on any atom is 0.0696 e. The molecule has 0 spiro atoms. The van der Waals surface area contributed by atoms with Crippen LogP contribution >= 0.6 is 0 Å². The van der Waals surface area contributed by atoms with Crippen LogP contribution < -0.4 is 5.73 Å². The molecule has 1 aliphatic carbocycles. The maximum atomic E-state index is 6.32. The number of benzene rings is 1. The van der Waals surface area contributed by atoms with Gasteiger partial charge in [-0.25, -0.2) is 4.68 Å². The van der Waals surface area contributed by atoms with Gasteiger partial charge in [0.05, 0.1) is 17.5 Å². The first kappa shape index (κ1) is 13.3. The number of nitrogens with zero attached hydrogens (tertiary/aromatic N) is 2. The zero-order chi connectivity index (χ0) is 14.0. The average molecular weight is 271 g/mol. The highest BCUT2D eigenvalue weighted by atomic mass is 16.5. The molecule has 0 aliphatic heterocycles. The SMILES string of the molecule is COC1(CC(N)c2cnn(-c3ccccc3)c2)CCC1. The lowest BCUT2D eigenvalue weighted by Crippen LogP contribution is -2.41. The molecule has 3 rings (SSSR count). The van der Waals surface area contributed by atoms with E-state index in [0.29, 0.717) is 0 Å². The standard InChI is InChI=1S/C16H21N3O/c1-20-16(8-5-9-16)10-15(17)13-11-18-19(12-13)14-6-3-2-4-7-14/h2-4,6-7,11-12,15H,5,8-10,17H2,1H3. The van der Waals surface area contributed by atoms with E-state index in [1.807, 2.05) is 47.4 Å². The first-order chi connectivity index (χ1) is 9.72. The number of nitrogens with two attached hydrogens (primary N) is 1. The van der Waals surface area contributed by atoms with Crippen molar-refractivity contribution >= 4 is 0 Å². The molecule has 4 nitrogen and oxygen atoms in total. The van der Waals surface area contributed by atoms with Gasteiger partial charge in [0.25, 0.3) is 0 Å². The first-order valence-corrected chi connectivity index (χ1v) is 7.13. The van der Waals surface area contributed by atoms with Crippen LogP contribution in [0.4, 0.5) is 0 Å². The van der Waals surface area contributed by atoms with Crippen molar-refractivity contribution in [2.45, 2.75) is 37.3 Å². The summed E-state index contributed by atoms with van der Waals surface area (Å²) in [6, 6.07) is 10.1. The fraction of sp³-hybridized carbons (Fsp3) is 0.438. The Labute approximate surface area is 119 Å². The molecule has 1 aromatic carbocycles. The van der Waals surface area contributed by atoms with Crippen LogP contribution in [0.25, 0.3) is 5.69 Å². The Hall–Kier alpha value is -1.65. The van der Waals surface area contributed by atoms with Gasteiger partial charge in [-0.1, -0.05) is 18.2 Å². The van der Waals surface area contributed by atoms with Crippen LogP contribution in [-0.4, -0.2) is 22.5 Å². The van der Waals surface area contributed by atoms with E-state index >= 15 is 0 Å². The molecule has 0 radical (unpaired) electrons. The molecular formula is C16H21N3O. The van der Waals surface area contributed by atoms with E-state index in [1.54, 1.807) is 7.11 Å². The quantitative estimate of drug-likeness (QED) is 0.909.